The highest BCUT2D eigenvalue weighted by atomic mass is 19.1. The van der Waals surface area contributed by atoms with Gasteiger partial charge in [0.05, 0.1) is 6.33 Å². The average Bonchev–Trinajstić information content (AvgIpc) is 1.65. The van der Waals surface area contributed by atoms with Gasteiger partial charge in [0.1, 0.15) is 0 Å². The van der Waals surface area contributed by atoms with Crippen LogP contribution in [0, 0.1) is 0 Å². The Labute approximate surface area is 43.4 Å². The molecule has 40 valence electrons. The summed E-state index contributed by atoms with van der Waals surface area (Å²) < 4.78 is 11.4. The third-order valence-corrected chi connectivity index (χ3v) is 0.837. The van der Waals surface area contributed by atoms with Crippen LogP contribution in [0.3, 0.4) is 0 Å². The molecular weight excluding hydrogens is 91.1 g/mol. The van der Waals surface area contributed by atoms with Crippen molar-refractivity contribution < 1.29 is 4.39 Å². The van der Waals surface area contributed by atoms with Gasteiger partial charge >= 0.3 is 0 Å². The summed E-state index contributed by atoms with van der Waals surface area (Å²) >= 11 is 0. The molecule has 0 unspecified atom stereocenters. The summed E-state index contributed by atoms with van der Waals surface area (Å²) in [5.41, 5.74) is 1.39. The predicted molar refractivity (Wildman–Crippen MR) is 29.7 cm³/mol. The van der Waals surface area contributed by atoms with Crippen LogP contribution in [-0.2, 0) is 0 Å². The highest BCUT2D eigenvalue weighted by Gasteiger charge is 1.83. The summed E-state index contributed by atoms with van der Waals surface area (Å²) in [6.45, 7) is 6.97. The second-order valence-electron chi connectivity index (χ2n) is 1.57. The summed E-state index contributed by atoms with van der Waals surface area (Å²) in [6.07, 6.45) is 0.558. The first kappa shape index (κ1) is 6.41. The molecule has 0 amide bonds. The van der Waals surface area contributed by atoms with Gasteiger partial charge in [-0.25, -0.2) is 4.39 Å². The lowest BCUT2D eigenvalue weighted by Gasteiger charge is -1.89. The number of hydrogen-bond donors (Lipinski definition) is 0. The quantitative estimate of drug-likeness (QED) is 0.444. The van der Waals surface area contributed by atoms with Gasteiger partial charge in [0, 0.05) is 0 Å². The van der Waals surface area contributed by atoms with Crippen molar-refractivity contribution in [1.82, 2.24) is 0 Å². The third-order valence-electron chi connectivity index (χ3n) is 0.837. The minimum absolute atomic E-state index is 0.558. The van der Waals surface area contributed by atoms with Crippen LogP contribution in [-0.4, -0.2) is 0 Å². The fraction of sp³-hybridized carbons (Fsp3) is 0.333. The van der Waals surface area contributed by atoms with Crippen LogP contribution in [0.5, 0.6) is 0 Å². The van der Waals surface area contributed by atoms with Crippen molar-refractivity contribution in [2.75, 3.05) is 0 Å². The van der Waals surface area contributed by atoms with Gasteiger partial charge in [-0.15, -0.1) is 0 Å². The lowest BCUT2D eigenvalue weighted by molar-refractivity contribution is 0.711. The smallest absolute Gasteiger partial charge is 0.0898 e. The van der Waals surface area contributed by atoms with E-state index in [1.165, 1.54) is 0 Å². The molecule has 0 saturated heterocycles. The number of hydrogen-bond acceptors (Lipinski definition) is 0. The minimum atomic E-state index is 0.558. The van der Waals surface area contributed by atoms with Gasteiger partial charge in [-0.05, 0) is 19.4 Å². The Bertz CT molecular complexity index is 101. The van der Waals surface area contributed by atoms with E-state index in [4.69, 9.17) is 0 Å². The summed E-state index contributed by atoms with van der Waals surface area (Å²) in [4.78, 5) is 0. The Morgan fingerprint density at radius 2 is 2.00 bits per heavy atom. The monoisotopic (exact) mass is 100 g/mol. The largest absolute Gasteiger partial charge is 0.215 e. The fourth-order valence-corrected chi connectivity index (χ4v) is 0.0931. The van der Waals surface area contributed by atoms with E-state index in [1.807, 2.05) is 0 Å². The second-order valence-corrected chi connectivity index (χ2v) is 1.57. The number of rotatable bonds is 1. The Hall–Kier alpha value is -0.590. The Morgan fingerprint density at radius 3 is 2.00 bits per heavy atom. The normalized spacial score (nSPS) is 11.6. The van der Waals surface area contributed by atoms with Gasteiger partial charge in [0.2, 0.25) is 0 Å². The molecule has 0 N–H and O–H groups in total. The second kappa shape index (κ2) is 2.56. The summed E-state index contributed by atoms with van der Waals surface area (Å²) in [5.74, 6) is 0. The molecule has 0 aliphatic carbocycles. The molecule has 7 heavy (non-hydrogen) atoms. The number of halogens is 1. The van der Waals surface area contributed by atoms with Gasteiger partial charge < -0.3 is 0 Å². The molecule has 0 nitrogen and oxygen atoms in total. The molecule has 0 atom stereocenters. The van der Waals surface area contributed by atoms with Gasteiger partial charge in [0.15, 0.2) is 0 Å². The average molecular weight is 100 g/mol. The van der Waals surface area contributed by atoms with Crippen LogP contribution < -0.4 is 0 Å². The first-order valence-electron chi connectivity index (χ1n) is 2.11. The minimum Gasteiger partial charge on any atom is -0.215 e. The lowest BCUT2D eigenvalue weighted by atomic mass is 10.2. The van der Waals surface area contributed by atoms with Gasteiger partial charge in [-0.3, -0.25) is 0 Å². The molecule has 0 aliphatic heterocycles. The van der Waals surface area contributed by atoms with E-state index in [9.17, 15) is 4.39 Å². The molecule has 0 aromatic carbocycles. The number of allylic oxidation sites excluding steroid dienone is 2. The van der Waals surface area contributed by atoms with E-state index >= 15 is 0 Å². The SMILES string of the molecule is C=C(C)/C(C)=C\F. The predicted octanol–water partition coefficient (Wildman–Crippen LogP) is 2.44. The zero-order chi connectivity index (χ0) is 5.86. The van der Waals surface area contributed by atoms with Crippen molar-refractivity contribution in [3.8, 4) is 0 Å². The highest BCUT2D eigenvalue weighted by molar-refractivity contribution is 5.21. The van der Waals surface area contributed by atoms with E-state index in [1.54, 1.807) is 13.8 Å². The molecule has 0 rings (SSSR count). The van der Waals surface area contributed by atoms with E-state index in [0.717, 1.165) is 5.57 Å². The third kappa shape index (κ3) is 2.15. The topological polar surface area (TPSA) is 0 Å². The van der Waals surface area contributed by atoms with Gasteiger partial charge in [-0.1, -0.05) is 12.2 Å². The van der Waals surface area contributed by atoms with Crippen LogP contribution in [0.25, 0.3) is 0 Å². The van der Waals surface area contributed by atoms with Crippen molar-refractivity contribution in [1.29, 1.82) is 0 Å². The molecular formula is C6H9F. The highest BCUT2D eigenvalue weighted by Crippen LogP contribution is 2.03. The fourth-order valence-electron chi connectivity index (χ4n) is 0.0931. The standard InChI is InChI=1S/C6H9F/c1-5(2)6(3)4-7/h4H,1H2,2-3H3/b6-4-. The first-order chi connectivity index (χ1) is 3.18. The van der Waals surface area contributed by atoms with Crippen molar-refractivity contribution in [3.63, 3.8) is 0 Å². The Balaban J connectivity index is 3.82. The van der Waals surface area contributed by atoms with Crippen molar-refractivity contribution in [2.45, 2.75) is 13.8 Å². The van der Waals surface area contributed by atoms with E-state index in [0.29, 0.717) is 11.9 Å². The van der Waals surface area contributed by atoms with Gasteiger partial charge in [0.25, 0.3) is 0 Å². The molecule has 0 radical (unpaired) electrons. The van der Waals surface area contributed by atoms with E-state index in [2.05, 4.69) is 6.58 Å². The molecule has 0 heterocycles. The molecule has 1 heteroatoms. The van der Waals surface area contributed by atoms with Crippen molar-refractivity contribution in [3.05, 3.63) is 24.1 Å². The molecule has 0 aromatic heterocycles. The molecule has 0 spiro atoms. The van der Waals surface area contributed by atoms with Gasteiger partial charge in [-0.2, -0.15) is 0 Å². The summed E-state index contributed by atoms with van der Waals surface area (Å²) in [5, 5.41) is 0. The summed E-state index contributed by atoms with van der Waals surface area (Å²) in [6, 6.07) is 0. The van der Waals surface area contributed by atoms with Crippen molar-refractivity contribution >= 4 is 0 Å². The molecule has 0 aromatic rings. The lowest BCUT2D eigenvalue weighted by Crippen LogP contribution is -1.70. The van der Waals surface area contributed by atoms with E-state index < -0.39 is 0 Å². The van der Waals surface area contributed by atoms with Crippen LogP contribution in [0.15, 0.2) is 24.1 Å². The molecule has 0 fully saturated rings. The Morgan fingerprint density at radius 1 is 1.57 bits per heavy atom. The van der Waals surface area contributed by atoms with Crippen LogP contribution in [0.2, 0.25) is 0 Å². The molecule has 0 bridgehead atoms. The first-order valence-corrected chi connectivity index (χ1v) is 2.11. The maximum atomic E-state index is 11.4. The maximum Gasteiger partial charge on any atom is 0.0898 e. The van der Waals surface area contributed by atoms with Crippen molar-refractivity contribution in [2.24, 2.45) is 0 Å². The summed E-state index contributed by atoms with van der Waals surface area (Å²) in [7, 11) is 0. The maximum absolute atomic E-state index is 11.4. The Kier molecular flexibility index (Phi) is 2.34. The van der Waals surface area contributed by atoms with Crippen LogP contribution in [0.1, 0.15) is 13.8 Å². The van der Waals surface area contributed by atoms with Crippen LogP contribution in [0.4, 0.5) is 4.39 Å². The zero-order valence-electron chi connectivity index (χ0n) is 4.66. The molecule has 0 saturated carbocycles. The van der Waals surface area contributed by atoms with Crippen LogP contribution >= 0.6 is 0 Å². The zero-order valence-corrected chi connectivity index (χ0v) is 4.66. The van der Waals surface area contributed by atoms with E-state index in [-0.39, 0.29) is 0 Å². The molecule has 0 aliphatic rings.